The van der Waals surface area contributed by atoms with Crippen LogP contribution in [-0.4, -0.2) is 39.9 Å². The van der Waals surface area contributed by atoms with Gasteiger partial charge >= 0.3 is 24.1 Å². The number of benzene rings is 1. The molecule has 1 aliphatic heterocycles. The van der Waals surface area contributed by atoms with E-state index in [9.17, 15) is 27.6 Å². The number of carbonyl (C=O) groups is 3. The first-order valence-electron chi connectivity index (χ1n) is 12.3. The van der Waals surface area contributed by atoms with Gasteiger partial charge in [-0.05, 0) is 82.7 Å². The summed E-state index contributed by atoms with van der Waals surface area (Å²) in [6.45, 7) is 10.9. The fourth-order valence-electron chi connectivity index (χ4n) is 4.37. The second-order valence-electron chi connectivity index (χ2n) is 10.9. The third kappa shape index (κ3) is 6.81. The van der Waals surface area contributed by atoms with Gasteiger partial charge in [-0.15, -0.1) is 0 Å². The molecule has 1 aromatic heterocycles. The highest BCUT2D eigenvalue weighted by atomic mass is 19.4. The van der Waals surface area contributed by atoms with Crippen molar-refractivity contribution in [3.8, 4) is 0 Å². The summed E-state index contributed by atoms with van der Waals surface area (Å²) in [7, 11) is 0. The van der Waals surface area contributed by atoms with Crippen molar-refractivity contribution in [3.63, 3.8) is 0 Å². The molecular weight excluding hydrogens is 501 g/mol. The second kappa shape index (κ2) is 10.6. The van der Waals surface area contributed by atoms with Gasteiger partial charge in [0.25, 0.3) is 0 Å². The van der Waals surface area contributed by atoms with E-state index in [1.807, 2.05) is 6.92 Å². The van der Waals surface area contributed by atoms with Crippen LogP contribution in [0, 0.1) is 12.8 Å². The molecule has 0 saturated carbocycles. The van der Waals surface area contributed by atoms with Crippen molar-refractivity contribution >= 4 is 29.4 Å². The van der Waals surface area contributed by atoms with Gasteiger partial charge in [-0.2, -0.15) is 13.2 Å². The molecule has 1 aromatic carbocycles. The fraction of sp³-hybridized carbons (Fsp3) is 0.481. The molecule has 0 radical (unpaired) electrons. The van der Waals surface area contributed by atoms with E-state index in [0.717, 1.165) is 18.6 Å². The van der Waals surface area contributed by atoms with Gasteiger partial charge in [0.1, 0.15) is 11.4 Å². The van der Waals surface area contributed by atoms with Crippen LogP contribution in [0.15, 0.2) is 36.5 Å². The van der Waals surface area contributed by atoms with Crippen molar-refractivity contribution in [1.82, 2.24) is 9.88 Å². The number of alkyl halides is 3. The van der Waals surface area contributed by atoms with Gasteiger partial charge in [-0.3, -0.25) is 14.9 Å². The summed E-state index contributed by atoms with van der Waals surface area (Å²) in [6, 6.07) is 6.26. The summed E-state index contributed by atoms with van der Waals surface area (Å²) in [6.07, 6.45) is -2.61. The highest BCUT2D eigenvalue weighted by molar-refractivity contribution is 6.39. The summed E-state index contributed by atoms with van der Waals surface area (Å²) in [4.78, 5) is 43.9. The quantitative estimate of drug-likeness (QED) is 0.480. The van der Waals surface area contributed by atoms with Gasteiger partial charge in [0.2, 0.25) is 0 Å². The van der Waals surface area contributed by atoms with Gasteiger partial charge in [0.15, 0.2) is 0 Å². The van der Waals surface area contributed by atoms with Gasteiger partial charge < -0.3 is 15.0 Å². The fourth-order valence-corrected chi connectivity index (χ4v) is 4.37. The number of nitrogens with one attached hydrogen (secondary N) is 2. The van der Waals surface area contributed by atoms with E-state index in [0.29, 0.717) is 17.5 Å². The van der Waals surface area contributed by atoms with Crippen LogP contribution in [-0.2, 0) is 26.0 Å². The van der Waals surface area contributed by atoms with Crippen molar-refractivity contribution in [1.29, 1.82) is 0 Å². The highest BCUT2D eigenvalue weighted by Gasteiger charge is 2.43. The number of ether oxygens (including phenoxy) is 1. The maximum Gasteiger partial charge on any atom is 0.416 e. The Bertz CT molecular complexity index is 1210. The maximum atomic E-state index is 13.3. The topological polar surface area (TPSA) is 101 Å². The average Bonchev–Trinajstić information content (AvgIpc) is 2.80. The number of halogens is 3. The number of carbonyl (C=O) groups excluding carboxylic acids is 3. The Morgan fingerprint density at radius 1 is 1.11 bits per heavy atom. The minimum absolute atomic E-state index is 0.108. The number of anilines is 2. The van der Waals surface area contributed by atoms with E-state index in [1.165, 1.54) is 23.2 Å². The molecule has 1 aliphatic rings. The Morgan fingerprint density at radius 3 is 2.29 bits per heavy atom. The van der Waals surface area contributed by atoms with Gasteiger partial charge in [-0.25, -0.2) is 9.78 Å². The van der Waals surface area contributed by atoms with Crippen LogP contribution in [0.1, 0.15) is 64.2 Å². The number of likely N-dealkylation sites (tertiary alicyclic amines) is 1. The zero-order chi connectivity index (χ0) is 28.5. The molecule has 3 amide bonds. The smallest absolute Gasteiger partial charge is 0.416 e. The molecule has 11 heteroatoms. The van der Waals surface area contributed by atoms with Crippen LogP contribution in [0.2, 0.25) is 0 Å². The predicted molar refractivity (Wildman–Crippen MR) is 136 cm³/mol. The van der Waals surface area contributed by atoms with Crippen molar-refractivity contribution in [2.45, 2.75) is 71.7 Å². The van der Waals surface area contributed by atoms with E-state index in [2.05, 4.69) is 15.6 Å². The second-order valence-corrected chi connectivity index (χ2v) is 10.9. The lowest BCUT2D eigenvalue weighted by Gasteiger charge is -2.47. The Labute approximate surface area is 219 Å². The molecule has 8 nitrogen and oxygen atoms in total. The molecule has 2 aromatic rings. The summed E-state index contributed by atoms with van der Waals surface area (Å²) in [5, 5.41) is 5.08. The number of aryl methyl sites for hydroxylation is 1. The Kier molecular flexibility index (Phi) is 8.09. The molecule has 1 saturated heterocycles. The van der Waals surface area contributed by atoms with E-state index in [4.69, 9.17) is 4.74 Å². The monoisotopic (exact) mass is 534 g/mol. The normalized spacial score (nSPS) is 20.0. The van der Waals surface area contributed by atoms with Crippen molar-refractivity contribution in [2.24, 2.45) is 5.92 Å². The molecule has 0 aliphatic carbocycles. The number of aromatic nitrogens is 1. The molecule has 3 rings (SSSR count). The SMILES string of the molecule is Cc1cc(NC(=O)C(=O)N2C[C@@H](C)CC[C@@]2(C)c2ccc(C(F)(F)F)cc2)cnc1NC(=O)OC(C)(C)C. The zero-order valence-corrected chi connectivity index (χ0v) is 22.3. The van der Waals surface area contributed by atoms with E-state index >= 15 is 0 Å². The molecule has 2 N–H and O–H groups in total. The number of rotatable bonds is 3. The first-order valence-corrected chi connectivity index (χ1v) is 12.3. The molecule has 0 spiro atoms. The standard InChI is InChI=1S/C27H33F3N4O4/c1-16-11-12-26(6,18-7-9-19(10-8-18)27(28,29)30)34(15-16)23(36)22(35)32-20-13-17(2)21(31-14-20)33-24(37)38-25(3,4)5/h7-10,13-14,16H,11-12,15H2,1-6H3,(H,32,35)(H,31,33,37)/t16-,26-/m0/s1. The minimum atomic E-state index is -4.47. The van der Waals surface area contributed by atoms with Crippen LogP contribution in [0.3, 0.4) is 0 Å². The molecule has 2 atom stereocenters. The summed E-state index contributed by atoms with van der Waals surface area (Å²) in [5.74, 6) is -1.35. The lowest BCUT2D eigenvalue weighted by atomic mass is 9.78. The zero-order valence-electron chi connectivity index (χ0n) is 22.3. The Balaban J connectivity index is 1.77. The minimum Gasteiger partial charge on any atom is -0.444 e. The third-order valence-electron chi connectivity index (χ3n) is 6.44. The first-order chi connectivity index (χ1) is 17.5. The van der Waals surface area contributed by atoms with Crippen LogP contribution >= 0.6 is 0 Å². The van der Waals surface area contributed by atoms with Gasteiger partial charge in [0.05, 0.1) is 23.0 Å². The molecule has 2 heterocycles. The molecule has 0 unspecified atom stereocenters. The maximum absolute atomic E-state index is 13.3. The predicted octanol–water partition coefficient (Wildman–Crippen LogP) is 5.87. The lowest BCUT2D eigenvalue weighted by molar-refractivity contribution is -0.150. The number of hydrogen-bond acceptors (Lipinski definition) is 5. The van der Waals surface area contributed by atoms with Crippen LogP contribution in [0.5, 0.6) is 0 Å². The van der Waals surface area contributed by atoms with E-state index < -0.39 is 40.8 Å². The van der Waals surface area contributed by atoms with Gasteiger partial charge in [0, 0.05) is 6.54 Å². The van der Waals surface area contributed by atoms with Crippen molar-refractivity contribution in [3.05, 3.63) is 53.2 Å². The first kappa shape index (κ1) is 28.9. The molecule has 206 valence electrons. The van der Waals surface area contributed by atoms with E-state index in [-0.39, 0.29) is 24.0 Å². The number of piperidine rings is 1. The van der Waals surface area contributed by atoms with E-state index in [1.54, 1.807) is 40.7 Å². The average molecular weight is 535 g/mol. The third-order valence-corrected chi connectivity index (χ3v) is 6.44. The number of amides is 3. The molecule has 38 heavy (non-hydrogen) atoms. The van der Waals surface area contributed by atoms with Crippen molar-refractivity contribution < 1.29 is 32.3 Å². The van der Waals surface area contributed by atoms with Crippen molar-refractivity contribution in [2.75, 3.05) is 17.2 Å². The molecule has 0 bridgehead atoms. The Morgan fingerprint density at radius 2 is 1.74 bits per heavy atom. The Hall–Kier alpha value is -3.63. The number of pyridine rings is 1. The largest absolute Gasteiger partial charge is 0.444 e. The number of nitrogens with zero attached hydrogens (tertiary/aromatic N) is 2. The summed E-state index contributed by atoms with van der Waals surface area (Å²) >= 11 is 0. The highest BCUT2D eigenvalue weighted by Crippen LogP contribution is 2.40. The van der Waals surface area contributed by atoms with Crippen LogP contribution < -0.4 is 10.6 Å². The van der Waals surface area contributed by atoms with Gasteiger partial charge in [-0.1, -0.05) is 19.1 Å². The van der Waals surface area contributed by atoms with Crippen LogP contribution in [0.4, 0.5) is 29.5 Å². The number of hydrogen-bond donors (Lipinski definition) is 2. The summed E-state index contributed by atoms with van der Waals surface area (Å²) in [5.41, 5.74) is -1.13. The molecular formula is C27H33F3N4O4. The van der Waals surface area contributed by atoms with Crippen LogP contribution in [0.25, 0.3) is 0 Å². The molecule has 1 fully saturated rings. The lowest BCUT2D eigenvalue weighted by Crippen LogP contribution is -2.55. The summed E-state index contributed by atoms with van der Waals surface area (Å²) < 4.78 is 44.4.